The van der Waals surface area contributed by atoms with E-state index in [4.69, 9.17) is 10.7 Å². The van der Waals surface area contributed by atoms with Crippen molar-refractivity contribution >= 4 is 12.0 Å². The second kappa shape index (κ2) is 9.46. The molecule has 0 atom stereocenters. The largest absolute Gasteiger partial charge is 0.422 e. The van der Waals surface area contributed by atoms with Gasteiger partial charge in [-0.25, -0.2) is 0 Å². The summed E-state index contributed by atoms with van der Waals surface area (Å²) in [7, 11) is 0. The topological polar surface area (TPSA) is 136 Å². The second-order valence-electron chi connectivity index (χ2n) is 0.812. The molecule has 0 aromatic rings. The minimum atomic E-state index is -0.0833. The van der Waals surface area contributed by atoms with Crippen LogP contribution in [0, 0.1) is 11.5 Å². The summed E-state index contributed by atoms with van der Waals surface area (Å²) in [6.45, 7) is 0. The first kappa shape index (κ1) is 10.2. The van der Waals surface area contributed by atoms with Gasteiger partial charge in [-0.3, -0.25) is 16.9 Å². The molecular weight excluding hydrogens is 120 g/mol. The lowest BCUT2D eigenvalue weighted by atomic mass is 11.1. The second-order valence-corrected chi connectivity index (χ2v) is 0.812. The van der Waals surface area contributed by atoms with E-state index in [0.717, 1.165) is 0 Å². The maximum absolute atomic E-state index is 7.43. The number of hydrogen-bond acceptors (Lipinski definition) is 2. The molecule has 0 saturated carbocycles. The summed E-state index contributed by atoms with van der Waals surface area (Å²) in [5.41, 5.74) is 9.17. The van der Waals surface area contributed by atoms with Gasteiger partial charge in [0, 0.05) is 0 Å². The van der Waals surface area contributed by atoms with E-state index < -0.39 is 0 Å². The molecule has 0 aromatic heterocycles. The maximum Gasteiger partial charge on any atom is 0.336 e. The molecule has 48 valence electrons. The van der Waals surface area contributed by atoms with Gasteiger partial charge in [-0.1, -0.05) is 0 Å². The number of nitrogens with zero attached hydrogens (tertiary/aromatic N) is 3. The highest BCUT2D eigenvalue weighted by Crippen LogP contribution is 1.43. The predicted molar refractivity (Wildman–Crippen MR) is 31.7 cm³/mol. The van der Waals surface area contributed by atoms with E-state index in [1.807, 2.05) is 0 Å². The van der Waals surface area contributed by atoms with Crippen molar-refractivity contribution in [3.63, 3.8) is 0 Å². The van der Waals surface area contributed by atoms with Crippen LogP contribution in [-0.2, 0) is 0 Å². The SMILES string of the molecule is N#CN=C=[N-].NC(N)=[NH2+]. The summed E-state index contributed by atoms with van der Waals surface area (Å²) in [5, 5.41) is 19.4. The molecule has 0 rings (SSSR count). The molecule has 0 bridgehead atoms. The fraction of sp³-hybridized carbons (Fsp3) is 0. The molecule has 0 aliphatic rings. The third-order valence-electron chi connectivity index (χ3n) is 0.100. The third kappa shape index (κ3) is 5370. The first-order chi connectivity index (χ1) is 4.15. The van der Waals surface area contributed by atoms with Crippen LogP contribution in [0.25, 0.3) is 5.41 Å². The lowest BCUT2D eigenvalue weighted by molar-refractivity contribution is -0.116. The van der Waals surface area contributed by atoms with Gasteiger partial charge in [0.25, 0.3) is 0 Å². The Morgan fingerprint density at radius 2 is 2.00 bits per heavy atom. The Labute approximate surface area is 51.8 Å². The van der Waals surface area contributed by atoms with Crippen LogP contribution < -0.4 is 16.9 Å². The van der Waals surface area contributed by atoms with Crippen LogP contribution in [0.15, 0.2) is 4.99 Å². The van der Waals surface area contributed by atoms with Crippen LogP contribution in [-0.4, -0.2) is 12.0 Å². The summed E-state index contributed by atoms with van der Waals surface area (Å²) >= 11 is 0. The highest BCUT2D eigenvalue weighted by atomic mass is 14.9. The van der Waals surface area contributed by atoms with E-state index in [1.165, 1.54) is 12.2 Å². The van der Waals surface area contributed by atoms with Crippen molar-refractivity contribution in [2.45, 2.75) is 0 Å². The summed E-state index contributed by atoms with van der Waals surface area (Å²) in [4.78, 5) is 2.58. The van der Waals surface area contributed by atoms with Crippen LogP contribution in [0.3, 0.4) is 0 Å². The summed E-state index contributed by atoms with van der Waals surface area (Å²) < 4.78 is 0. The van der Waals surface area contributed by atoms with E-state index in [2.05, 4.69) is 21.9 Å². The molecule has 0 aliphatic heterocycles. The lowest BCUT2D eigenvalue weighted by Gasteiger charge is -1.59. The van der Waals surface area contributed by atoms with Crippen molar-refractivity contribution in [3.8, 4) is 6.19 Å². The van der Waals surface area contributed by atoms with E-state index in [9.17, 15) is 0 Å². The first-order valence-electron chi connectivity index (χ1n) is 1.76. The van der Waals surface area contributed by atoms with Crippen LogP contribution in [0.2, 0.25) is 0 Å². The quantitative estimate of drug-likeness (QED) is 0.184. The Morgan fingerprint density at radius 3 is 2.00 bits per heavy atom. The smallest absolute Gasteiger partial charge is 0.336 e. The average molecular weight is 126 g/mol. The molecule has 0 aliphatic carbocycles. The van der Waals surface area contributed by atoms with Gasteiger partial charge in [0.05, 0.1) is 6.19 Å². The van der Waals surface area contributed by atoms with Crippen LogP contribution in [0.5, 0.6) is 0 Å². The van der Waals surface area contributed by atoms with Gasteiger partial charge in [0.2, 0.25) is 0 Å². The van der Waals surface area contributed by atoms with Gasteiger partial charge >= 0.3 is 5.96 Å². The molecule has 0 aromatic carbocycles. The summed E-state index contributed by atoms with van der Waals surface area (Å²) in [6, 6.07) is 1.28. The number of rotatable bonds is 0. The van der Waals surface area contributed by atoms with E-state index in [-0.39, 0.29) is 5.96 Å². The lowest BCUT2D eigenvalue weighted by Crippen LogP contribution is -2.51. The Balaban J connectivity index is 0. The van der Waals surface area contributed by atoms with Crippen molar-refractivity contribution in [1.29, 1.82) is 5.26 Å². The van der Waals surface area contributed by atoms with Gasteiger partial charge in [0.1, 0.15) is 0 Å². The zero-order valence-electron chi connectivity index (χ0n) is 4.57. The molecule has 6 N–H and O–H groups in total. The molecular formula is C3H6N6. The standard InChI is InChI=1S/C2N3.CH5N3/c3-1-5-2-4;2-1(3)4/h;(H5,2,3,4)/q-1;/p+1. The number of aliphatic imine (C=N–C) groups is 1. The highest BCUT2D eigenvalue weighted by molar-refractivity contribution is 5.68. The van der Waals surface area contributed by atoms with E-state index in [1.54, 1.807) is 0 Å². The number of nitriles is 1. The third-order valence-corrected chi connectivity index (χ3v) is 0.100. The molecule has 0 spiro atoms. The Bertz CT molecular complexity index is 154. The number of nitrogens with two attached hydrogens (primary N) is 3. The summed E-state index contributed by atoms with van der Waals surface area (Å²) in [6.07, 6.45) is 1.28. The molecule has 0 radical (unpaired) electrons. The van der Waals surface area contributed by atoms with Crippen LogP contribution in [0.1, 0.15) is 0 Å². The van der Waals surface area contributed by atoms with Crippen molar-refractivity contribution in [2.24, 2.45) is 16.5 Å². The average Bonchev–Trinajstić information content (AvgIpc) is 1.66. The predicted octanol–water partition coefficient (Wildman–Crippen LogP) is -2.77. The fourth-order valence-electron chi connectivity index (χ4n) is 0.0224. The van der Waals surface area contributed by atoms with E-state index >= 15 is 0 Å². The molecule has 6 heteroatoms. The number of guanidine groups is 1. The van der Waals surface area contributed by atoms with Crippen LogP contribution >= 0.6 is 0 Å². The maximum atomic E-state index is 7.43. The van der Waals surface area contributed by atoms with E-state index in [0.29, 0.717) is 0 Å². The van der Waals surface area contributed by atoms with Gasteiger partial charge in [-0.2, -0.15) is 5.26 Å². The van der Waals surface area contributed by atoms with Crippen molar-refractivity contribution in [3.05, 3.63) is 5.41 Å². The minimum Gasteiger partial charge on any atom is -0.422 e. The fourth-order valence-corrected chi connectivity index (χ4v) is 0.0224. The summed E-state index contributed by atoms with van der Waals surface area (Å²) in [5.74, 6) is -0.0833. The molecule has 0 unspecified atom stereocenters. The van der Waals surface area contributed by atoms with Gasteiger partial charge in [-0.05, 0) is 0 Å². The Hall–Kier alpha value is -1.86. The normalized spacial score (nSPS) is 4.78. The molecule has 0 fully saturated rings. The van der Waals surface area contributed by atoms with Gasteiger partial charge < -0.3 is 10.4 Å². The molecule has 0 amide bonds. The molecule has 9 heavy (non-hydrogen) atoms. The minimum absolute atomic E-state index is 0.0833. The van der Waals surface area contributed by atoms with Crippen molar-refractivity contribution in [1.82, 2.24) is 0 Å². The Kier molecular flexibility index (Phi) is 10.7. The molecule has 0 saturated heterocycles. The highest BCUT2D eigenvalue weighted by Gasteiger charge is 1.64. The molecule has 0 heterocycles. The van der Waals surface area contributed by atoms with Crippen molar-refractivity contribution < 1.29 is 5.41 Å². The first-order valence-corrected chi connectivity index (χ1v) is 1.76. The van der Waals surface area contributed by atoms with Gasteiger partial charge in [-0.15, -0.1) is 6.01 Å². The molecule has 6 nitrogen and oxygen atoms in total. The van der Waals surface area contributed by atoms with Crippen LogP contribution in [0.4, 0.5) is 0 Å². The monoisotopic (exact) mass is 126 g/mol. The van der Waals surface area contributed by atoms with Crippen molar-refractivity contribution in [2.75, 3.05) is 0 Å². The Morgan fingerprint density at radius 1 is 1.67 bits per heavy atom. The van der Waals surface area contributed by atoms with Gasteiger partial charge in [0.15, 0.2) is 0 Å². The number of hydrogen-bond donors (Lipinski definition) is 3. The zero-order valence-corrected chi connectivity index (χ0v) is 4.57. The zero-order chi connectivity index (χ0) is 7.70.